The third kappa shape index (κ3) is 2.73. The van der Waals surface area contributed by atoms with Crippen molar-refractivity contribution in [2.24, 2.45) is 0 Å². The van der Waals surface area contributed by atoms with Crippen molar-refractivity contribution in [1.29, 1.82) is 0 Å². The van der Waals surface area contributed by atoms with E-state index in [1.807, 2.05) is 0 Å². The van der Waals surface area contributed by atoms with Crippen LogP contribution in [0.3, 0.4) is 0 Å². The number of carbonyl (C=O) groups is 1. The van der Waals surface area contributed by atoms with Crippen LogP contribution in [-0.2, 0) is 11.2 Å². The molecule has 0 spiro atoms. The van der Waals surface area contributed by atoms with Crippen molar-refractivity contribution in [2.75, 3.05) is 0 Å². The average Bonchev–Trinajstić information content (AvgIpc) is 2.18. The largest absolute Gasteiger partial charge is 0.479 e. The highest BCUT2D eigenvalue weighted by atomic mass is 79.9. The van der Waals surface area contributed by atoms with E-state index >= 15 is 0 Å². The van der Waals surface area contributed by atoms with E-state index < -0.39 is 30.1 Å². The van der Waals surface area contributed by atoms with Gasteiger partial charge in [-0.1, -0.05) is 0 Å². The quantitative estimate of drug-likeness (QED) is 0.829. The summed E-state index contributed by atoms with van der Waals surface area (Å²) >= 11 is 2.79. The molecule has 15 heavy (non-hydrogen) atoms. The van der Waals surface area contributed by atoms with E-state index in [4.69, 9.17) is 10.2 Å². The summed E-state index contributed by atoms with van der Waals surface area (Å²) in [5.41, 5.74) is -0.190. The van der Waals surface area contributed by atoms with Crippen molar-refractivity contribution in [3.05, 3.63) is 33.8 Å². The summed E-state index contributed by atoms with van der Waals surface area (Å²) in [7, 11) is 0. The number of aliphatic hydroxyl groups excluding tert-OH is 1. The van der Waals surface area contributed by atoms with Gasteiger partial charge in [-0.15, -0.1) is 0 Å². The van der Waals surface area contributed by atoms with Gasteiger partial charge in [-0.25, -0.2) is 13.6 Å². The normalized spacial score (nSPS) is 12.5. The fourth-order valence-electron chi connectivity index (χ4n) is 1.04. The Morgan fingerprint density at radius 3 is 2.47 bits per heavy atom. The minimum absolute atomic E-state index is 0.164. The molecule has 1 atom stereocenters. The lowest BCUT2D eigenvalue weighted by Gasteiger charge is -2.09. The van der Waals surface area contributed by atoms with Crippen LogP contribution in [0.1, 0.15) is 5.56 Å². The van der Waals surface area contributed by atoms with Gasteiger partial charge < -0.3 is 10.2 Å². The van der Waals surface area contributed by atoms with Gasteiger partial charge in [0.2, 0.25) is 0 Å². The zero-order valence-corrected chi connectivity index (χ0v) is 8.96. The molecule has 0 fully saturated rings. The number of aliphatic hydroxyl groups is 1. The molecule has 0 aliphatic carbocycles. The molecule has 0 aromatic heterocycles. The SMILES string of the molecule is O=C(O)C(O)Cc1c(F)ccc(F)c1Br. The van der Waals surface area contributed by atoms with Crippen LogP contribution in [0, 0.1) is 11.6 Å². The van der Waals surface area contributed by atoms with Gasteiger partial charge in [0.25, 0.3) is 0 Å². The standard InChI is InChI=1S/C9H7BrF2O3/c10-8-4(3-7(13)9(14)15)5(11)1-2-6(8)12/h1-2,7,13H,3H2,(H,14,15). The Hall–Kier alpha value is -1.01. The molecule has 0 heterocycles. The highest BCUT2D eigenvalue weighted by Crippen LogP contribution is 2.24. The van der Waals surface area contributed by atoms with Gasteiger partial charge in [-0.05, 0) is 28.1 Å². The molecule has 0 saturated heterocycles. The van der Waals surface area contributed by atoms with Crippen LogP contribution in [0.15, 0.2) is 16.6 Å². The van der Waals surface area contributed by atoms with Crippen molar-refractivity contribution >= 4 is 21.9 Å². The Kier molecular flexibility index (Phi) is 3.76. The molecule has 82 valence electrons. The highest BCUT2D eigenvalue weighted by molar-refractivity contribution is 9.10. The fourth-order valence-corrected chi connectivity index (χ4v) is 1.52. The molecule has 0 radical (unpaired) electrons. The molecule has 1 unspecified atom stereocenters. The molecule has 0 bridgehead atoms. The maximum Gasteiger partial charge on any atom is 0.332 e. The van der Waals surface area contributed by atoms with E-state index in [-0.39, 0.29) is 10.0 Å². The first-order valence-corrected chi connectivity index (χ1v) is 4.76. The van der Waals surface area contributed by atoms with Crippen LogP contribution < -0.4 is 0 Å². The summed E-state index contributed by atoms with van der Waals surface area (Å²) in [6, 6.07) is 1.79. The van der Waals surface area contributed by atoms with Crippen molar-refractivity contribution < 1.29 is 23.8 Å². The van der Waals surface area contributed by atoms with Crippen LogP contribution in [-0.4, -0.2) is 22.3 Å². The Morgan fingerprint density at radius 1 is 1.40 bits per heavy atom. The van der Waals surface area contributed by atoms with E-state index in [1.54, 1.807) is 0 Å². The molecule has 6 heteroatoms. The van der Waals surface area contributed by atoms with Gasteiger partial charge in [-0.3, -0.25) is 0 Å². The first-order valence-electron chi connectivity index (χ1n) is 3.96. The van der Waals surface area contributed by atoms with Gasteiger partial charge in [0, 0.05) is 12.0 Å². The minimum atomic E-state index is -1.75. The van der Waals surface area contributed by atoms with Crippen LogP contribution >= 0.6 is 15.9 Å². The molecule has 2 N–H and O–H groups in total. The predicted octanol–water partition coefficient (Wildman–Crippen LogP) is 1.72. The summed E-state index contributed by atoms with van der Waals surface area (Å²) in [6.07, 6.45) is -2.24. The number of hydrogen-bond acceptors (Lipinski definition) is 2. The maximum absolute atomic E-state index is 13.2. The third-order valence-electron chi connectivity index (χ3n) is 1.82. The van der Waals surface area contributed by atoms with E-state index in [0.29, 0.717) is 0 Å². The van der Waals surface area contributed by atoms with Crippen LogP contribution in [0.5, 0.6) is 0 Å². The van der Waals surface area contributed by atoms with Crippen molar-refractivity contribution in [3.8, 4) is 0 Å². The first-order chi connectivity index (χ1) is 6.93. The molecule has 0 amide bonds. The van der Waals surface area contributed by atoms with Gasteiger partial charge in [0.15, 0.2) is 6.10 Å². The zero-order chi connectivity index (χ0) is 11.6. The van der Waals surface area contributed by atoms with Crippen LogP contribution in [0.25, 0.3) is 0 Å². The van der Waals surface area contributed by atoms with Gasteiger partial charge in [0.1, 0.15) is 11.6 Å². The topological polar surface area (TPSA) is 57.5 Å². The van der Waals surface area contributed by atoms with Gasteiger partial charge in [0.05, 0.1) is 4.47 Å². The number of carboxylic acid groups (broad SMARTS) is 1. The lowest BCUT2D eigenvalue weighted by molar-refractivity contribution is -0.146. The molecular weight excluding hydrogens is 274 g/mol. The third-order valence-corrected chi connectivity index (χ3v) is 2.68. The van der Waals surface area contributed by atoms with E-state index in [2.05, 4.69) is 15.9 Å². The van der Waals surface area contributed by atoms with Gasteiger partial charge >= 0.3 is 5.97 Å². The number of hydrogen-bond donors (Lipinski definition) is 2. The first kappa shape index (κ1) is 12.1. The average molecular weight is 281 g/mol. The molecule has 0 saturated carbocycles. The maximum atomic E-state index is 13.2. The van der Waals surface area contributed by atoms with E-state index in [1.165, 1.54) is 0 Å². The lowest BCUT2D eigenvalue weighted by atomic mass is 10.1. The van der Waals surface area contributed by atoms with Crippen molar-refractivity contribution in [3.63, 3.8) is 0 Å². The summed E-state index contributed by atoms with van der Waals surface area (Å²) in [4.78, 5) is 10.3. The predicted molar refractivity (Wildman–Crippen MR) is 51.4 cm³/mol. The second kappa shape index (κ2) is 4.67. The molecular formula is C9H7BrF2O3. The van der Waals surface area contributed by atoms with Gasteiger partial charge in [-0.2, -0.15) is 0 Å². The molecule has 1 rings (SSSR count). The number of carboxylic acids is 1. The highest BCUT2D eigenvalue weighted by Gasteiger charge is 2.19. The smallest absolute Gasteiger partial charge is 0.332 e. The summed E-state index contributed by atoms with van der Waals surface area (Å²) in [5, 5.41) is 17.4. The second-order valence-electron chi connectivity index (χ2n) is 2.88. The van der Waals surface area contributed by atoms with E-state index in [9.17, 15) is 13.6 Å². The number of halogens is 3. The number of aliphatic carboxylic acids is 1. The molecule has 1 aromatic rings. The summed E-state index contributed by atoms with van der Waals surface area (Å²) < 4.78 is 26.0. The Balaban J connectivity index is 3.03. The van der Waals surface area contributed by atoms with E-state index in [0.717, 1.165) is 12.1 Å². The second-order valence-corrected chi connectivity index (χ2v) is 3.67. The minimum Gasteiger partial charge on any atom is -0.479 e. The fraction of sp³-hybridized carbons (Fsp3) is 0.222. The lowest BCUT2D eigenvalue weighted by Crippen LogP contribution is -2.23. The molecule has 1 aromatic carbocycles. The monoisotopic (exact) mass is 280 g/mol. The number of benzene rings is 1. The van der Waals surface area contributed by atoms with Crippen LogP contribution in [0.4, 0.5) is 8.78 Å². The Bertz CT molecular complexity index is 395. The number of rotatable bonds is 3. The van der Waals surface area contributed by atoms with Crippen molar-refractivity contribution in [2.45, 2.75) is 12.5 Å². The Labute approximate surface area is 92.5 Å². The molecule has 0 aliphatic heterocycles. The summed E-state index contributed by atoms with van der Waals surface area (Å²) in [5.74, 6) is -2.95. The Morgan fingerprint density at radius 2 is 1.93 bits per heavy atom. The zero-order valence-electron chi connectivity index (χ0n) is 7.38. The molecule has 3 nitrogen and oxygen atoms in total. The van der Waals surface area contributed by atoms with Crippen molar-refractivity contribution in [1.82, 2.24) is 0 Å². The molecule has 0 aliphatic rings. The van der Waals surface area contributed by atoms with Crippen LogP contribution in [0.2, 0.25) is 0 Å². The summed E-state index contributed by atoms with van der Waals surface area (Å²) in [6.45, 7) is 0.